The van der Waals surface area contributed by atoms with E-state index in [4.69, 9.17) is 22.1 Å². The van der Waals surface area contributed by atoms with Gasteiger partial charge in [-0.2, -0.15) is 0 Å². The summed E-state index contributed by atoms with van der Waals surface area (Å²) in [5.74, 6) is 0.527. The van der Waals surface area contributed by atoms with Crippen LogP contribution >= 0.6 is 22.9 Å². The number of nitrogens with zero attached hydrogens (tertiary/aromatic N) is 3. The van der Waals surface area contributed by atoms with Crippen LogP contribution in [0.5, 0.6) is 0 Å². The standard InChI is InChI=1S/C10H19NO.C9H8ClN3S.C2H6/c1-2-4-10(5-3-1)11-6-8-12-9-7-11;10-9-12-7(11)6-4-2-1-3-5(4)14-8(6)13-9;1-2/h10H,1-9H2;1-3H2,(H2,11,12,13);1-2H3. The molecule has 1 aliphatic heterocycles. The van der Waals surface area contributed by atoms with Gasteiger partial charge in [0.1, 0.15) is 10.6 Å². The normalized spacial score (nSPS) is 20.1. The van der Waals surface area contributed by atoms with Gasteiger partial charge in [0.05, 0.1) is 18.6 Å². The van der Waals surface area contributed by atoms with E-state index < -0.39 is 0 Å². The third-order valence-corrected chi connectivity index (χ3v) is 7.06. The predicted octanol–water partition coefficient (Wildman–Crippen LogP) is 5.09. The maximum atomic E-state index is 5.85. The predicted molar refractivity (Wildman–Crippen MR) is 119 cm³/mol. The van der Waals surface area contributed by atoms with Crippen molar-refractivity contribution in [1.29, 1.82) is 0 Å². The van der Waals surface area contributed by atoms with Crippen molar-refractivity contribution in [2.75, 3.05) is 32.0 Å². The molecule has 2 aromatic rings. The van der Waals surface area contributed by atoms with Crippen LogP contribution in [0.4, 0.5) is 5.82 Å². The van der Waals surface area contributed by atoms with E-state index in [-0.39, 0.29) is 5.28 Å². The van der Waals surface area contributed by atoms with Crippen molar-refractivity contribution in [3.05, 3.63) is 15.7 Å². The Bertz CT molecular complexity index is 738. The van der Waals surface area contributed by atoms with Gasteiger partial charge in [0.2, 0.25) is 5.28 Å². The first-order chi connectivity index (χ1) is 13.7. The van der Waals surface area contributed by atoms with Crippen LogP contribution in [0.2, 0.25) is 5.28 Å². The van der Waals surface area contributed by atoms with Gasteiger partial charge in [0.15, 0.2) is 0 Å². The second-order valence-electron chi connectivity index (χ2n) is 7.36. The Kier molecular flexibility index (Phi) is 8.33. The molecule has 3 aliphatic rings. The second-order valence-corrected chi connectivity index (χ2v) is 8.78. The number of nitrogen functional groups attached to an aromatic ring is 1. The van der Waals surface area contributed by atoms with E-state index in [1.807, 2.05) is 13.8 Å². The lowest BCUT2D eigenvalue weighted by Crippen LogP contribution is -2.44. The first-order valence-corrected chi connectivity index (χ1v) is 12.0. The summed E-state index contributed by atoms with van der Waals surface area (Å²) in [6.07, 6.45) is 10.7. The monoisotopic (exact) mass is 424 g/mol. The topological polar surface area (TPSA) is 64.3 Å². The highest BCUT2D eigenvalue weighted by atomic mass is 35.5. The number of rotatable bonds is 1. The quantitative estimate of drug-likeness (QED) is 0.645. The van der Waals surface area contributed by atoms with Crippen molar-refractivity contribution >= 4 is 39.0 Å². The molecular formula is C21H33ClN4OS. The average Bonchev–Trinajstić information content (AvgIpc) is 3.32. The fraction of sp³-hybridized carbons (Fsp3) is 0.714. The van der Waals surface area contributed by atoms with Crippen molar-refractivity contribution in [2.24, 2.45) is 0 Å². The average molecular weight is 425 g/mol. The molecule has 3 heterocycles. The zero-order chi connectivity index (χ0) is 19.9. The third kappa shape index (κ3) is 5.15. The molecule has 0 spiro atoms. The Hall–Kier alpha value is -0.950. The summed E-state index contributed by atoms with van der Waals surface area (Å²) in [5.41, 5.74) is 7.19. The Balaban J connectivity index is 0.000000150. The number of morpholine rings is 1. The van der Waals surface area contributed by atoms with Crippen LogP contribution in [-0.2, 0) is 17.6 Å². The lowest BCUT2D eigenvalue weighted by Gasteiger charge is -2.36. The van der Waals surface area contributed by atoms with Crippen LogP contribution < -0.4 is 5.73 Å². The van der Waals surface area contributed by atoms with E-state index in [1.165, 1.54) is 62.1 Å². The van der Waals surface area contributed by atoms with Crippen molar-refractivity contribution in [2.45, 2.75) is 71.3 Å². The molecule has 156 valence electrons. The molecule has 0 bridgehead atoms. The Morgan fingerprint density at radius 3 is 2.46 bits per heavy atom. The van der Waals surface area contributed by atoms with Crippen LogP contribution in [0, 0.1) is 0 Å². The van der Waals surface area contributed by atoms with Crippen molar-refractivity contribution < 1.29 is 4.74 Å². The van der Waals surface area contributed by atoms with E-state index >= 15 is 0 Å². The van der Waals surface area contributed by atoms with Gasteiger partial charge in [-0.25, -0.2) is 9.97 Å². The highest BCUT2D eigenvalue weighted by Gasteiger charge is 2.22. The summed E-state index contributed by atoms with van der Waals surface area (Å²) in [5, 5.41) is 1.28. The van der Waals surface area contributed by atoms with Gasteiger partial charge in [-0.3, -0.25) is 4.90 Å². The van der Waals surface area contributed by atoms with E-state index in [1.54, 1.807) is 11.3 Å². The molecule has 2 fully saturated rings. The molecule has 5 nitrogen and oxygen atoms in total. The summed E-state index contributed by atoms with van der Waals surface area (Å²) >= 11 is 7.45. The lowest BCUT2D eigenvalue weighted by atomic mass is 9.94. The number of anilines is 1. The molecule has 2 aromatic heterocycles. The Morgan fingerprint density at radius 2 is 1.75 bits per heavy atom. The molecule has 0 amide bonds. The van der Waals surface area contributed by atoms with E-state index in [0.29, 0.717) is 5.82 Å². The number of aromatic nitrogens is 2. The number of nitrogens with two attached hydrogens (primary N) is 1. The minimum atomic E-state index is 0.245. The number of thiophene rings is 1. The first kappa shape index (κ1) is 21.8. The SMILES string of the molecule is C1CCC(N2CCOCC2)CC1.CC.Nc1nc(Cl)nc2sc3c(c12)CCC3. The zero-order valence-electron chi connectivity index (χ0n) is 17.2. The molecule has 7 heteroatoms. The number of hydrogen-bond donors (Lipinski definition) is 1. The van der Waals surface area contributed by atoms with Crippen LogP contribution in [0.15, 0.2) is 0 Å². The summed E-state index contributed by atoms with van der Waals surface area (Å²) in [6, 6.07) is 0.891. The molecule has 0 unspecified atom stereocenters. The molecule has 1 saturated heterocycles. The number of aryl methyl sites for hydroxylation is 2. The van der Waals surface area contributed by atoms with E-state index in [9.17, 15) is 0 Å². The summed E-state index contributed by atoms with van der Waals surface area (Å²) in [4.78, 5) is 13.2. The van der Waals surface area contributed by atoms with Crippen LogP contribution in [-0.4, -0.2) is 47.2 Å². The van der Waals surface area contributed by atoms with Crippen molar-refractivity contribution in [1.82, 2.24) is 14.9 Å². The summed E-state index contributed by atoms with van der Waals surface area (Å²) in [7, 11) is 0. The lowest BCUT2D eigenvalue weighted by molar-refractivity contribution is 0.00858. The Labute approximate surface area is 177 Å². The minimum Gasteiger partial charge on any atom is -0.383 e. The smallest absolute Gasteiger partial charge is 0.225 e. The Morgan fingerprint density at radius 1 is 1.04 bits per heavy atom. The fourth-order valence-electron chi connectivity index (χ4n) is 4.39. The molecule has 2 aliphatic carbocycles. The second kappa shape index (κ2) is 10.7. The van der Waals surface area contributed by atoms with E-state index in [2.05, 4.69) is 14.9 Å². The van der Waals surface area contributed by atoms with Crippen LogP contribution in [0.3, 0.4) is 0 Å². The minimum absolute atomic E-state index is 0.245. The molecule has 0 radical (unpaired) electrons. The molecule has 0 atom stereocenters. The van der Waals surface area contributed by atoms with Gasteiger partial charge in [0.25, 0.3) is 0 Å². The van der Waals surface area contributed by atoms with E-state index in [0.717, 1.165) is 42.3 Å². The van der Waals surface area contributed by atoms with Gasteiger partial charge in [-0.1, -0.05) is 33.1 Å². The van der Waals surface area contributed by atoms with Gasteiger partial charge in [-0.05, 0) is 49.3 Å². The number of fused-ring (bicyclic) bond motifs is 3. The fourth-order valence-corrected chi connectivity index (χ4v) is 5.88. The summed E-state index contributed by atoms with van der Waals surface area (Å²) < 4.78 is 5.35. The van der Waals surface area contributed by atoms with Crippen LogP contribution in [0.25, 0.3) is 10.2 Å². The molecule has 5 rings (SSSR count). The van der Waals surface area contributed by atoms with Crippen molar-refractivity contribution in [3.8, 4) is 0 Å². The number of halogens is 1. The van der Waals surface area contributed by atoms with Crippen LogP contribution in [0.1, 0.15) is 62.8 Å². The molecular weight excluding hydrogens is 392 g/mol. The van der Waals surface area contributed by atoms with Gasteiger partial charge in [0, 0.05) is 24.0 Å². The van der Waals surface area contributed by atoms with Gasteiger partial charge >= 0.3 is 0 Å². The number of ether oxygens (including phenoxy) is 1. The van der Waals surface area contributed by atoms with Crippen molar-refractivity contribution in [3.63, 3.8) is 0 Å². The first-order valence-electron chi connectivity index (χ1n) is 10.8. The van der Waals surface area contributed by atoms with Gasteiger partial charge < -0.3 is 10.5 Å². The molecule has 2 N–H and O–H groups in total. The molecule has 0 aromatic carbocycles. The maximum absolute atomic E-state index is 5.85. The number of hydrogen-bond acceptors (Lipinski definition) is 6. The largest absolute Gasteiger partial charge is 0.383 e. The molecule has 1 saturated carbocycles. The highest BCUT2D eigenvalue weighted by molar-refractivity contribution is 7.19. The zero-order valence-corrected chi connectivity index (χ0v) is 18.7. The van der Waals surface area contributed by atoms with Gasteiger partial charge in [-0.15, -0.1) is 11.3 Å². The maximum Gasteiger partial charge on any atom is 0.225 e. The third-order valence-electron chi connectivity index (χ3n) is 5.70. The highest BCUT2D eigenvalue weighted by Crippen LogP contribution is 2.38. The summed E-state index contributed by atoms with van der Waals surface area (Å²) in [6.45, 7) is 8.25. The molecule has 28 heavy (non-hydrogen) atoms.